The van der Waals surface area contributed by atoms with E-state index in [0.29, 0.717) is 36.7 Å². The number of aromatic nitrogens is 1. The van der Waals surface area contributed by atoms with E-state index < -0.39 is 5.92 Å². The Morgan fingerprint density at radius 1 is 1.03 bits per heavy atom. The van der Waals surface area contributed by atoms with Gasteiger partial charge in [-0.1, -0.05) is 29.8 Å². The van der Waals surface area contributed by atoms with Crippen molar-refractivity contribution in [3.05, 3.63) is 89.2 Å². The van der Waals surface area contributed by atoms with E-state index in [1.54, 1.807) is 25.3 Å². The maximum Gasteiger partial charge on any atom is 0.253 e. The molecule has 1 fully saturated rings. The number of carbonyl (C=O) groups is 2. The summed E-state index contributed by atoms with van der Waals surface area (Å²) in [5.41, 5.74) is 3.35. The number of nitrogens with one attached hydrogen (secondary N) is 1. The molecule has 0 saturated carbocycles. The molecule has 2 atom stereocenters. The summed E-state index contributed by atoms with van der Waals surface area (Å²) in [6, 6.07) is 18.7. The SMILES string of the molecule is COc1ccc([C@@H]2CN(C(=O)c3ccc(C)cc3)C[C@H]2C(=O)NCc2ccccn2)c(OC)c1. The molecule has 7 nitrogen and oxygen atoms in total. The minimum absolute atomic E-state index is 0.0856. The van der Waals surface area contributed by atoms with E-state index in [2.05, 4.69) is 10.3 Å². The Morgan fingerprint density at radius 2 is 1.82 bits per heavy atom. The molecular formula is C27H29N3O4. The summed E-state index contributed by atoms with van der Waals surface area (Å²) >= 11 is 0. The predicted octanol–water partition coefficient (Wildman–Crippen LogP) is 3.58. The number of nitrogens with zero attached hydrogens (tertiary/aromatic N) is 2. The molecule has 1 N–H and O–H groups in total. The van der Waals surface area contributed by atoms with Gasteiger partial charge in [0, 0.05) is 42.4 Å². The van der Waals surface area contributed by atoms with Gasteiger partial charge in [-0.15, -0.1) is 0 Å². The van der Waals surface area contributed by atoms with E-state index in [1.165, 1.54) is 0 Å². The van der Waals surface area contributed by atoms with Gasteiger partial charge in [0.15, 0.2) is 0 Å². The average molecular weight is 460 g/mol. The smallest absolute Gasteiger partial charge is 0.253 e. The summed E-state index contributed by atoms with van der Waals surface area (Å²) in [4.78, 5) is 32.6. The number of carbonyl (C=O) groups excluding carboxylic acids is 2. The van der Waals surface area contributed by atoms with Gasteiger partial charge in [-0.05, 0) is 37.3 Å². The molecular weight excluding hydrogens is 430 g/mol. The van der Waals surface area contributed by atoms with Gasteiger partial charge >= 0.3 is 0 Å². The zero-order valence-electron chi connectivity index (χ0n) is 19.7. The molecule has 176 valence electrons. The van der Waals surface area contributed by atoms with Crippen LogP contribution in [0.5, 0.6) is 11.5 Å². The van der Waals surface area contributed by atoms with Gasteiger partial charge < -0.3 is 19.7 Å². The minimum atomic E-state index is -0.430. The standard InChI is InChI=1S/C27H29N3O4/c1-18-7-9-19(10-8-18)27(32)30-16-23(22-12-11-21(33-2)14-25(22)34-3)24(17-30)26(31)29-15-20-6-4-5-13-28-20/h4-14,23-24H,15-17H2,1-3H3,(H,29,31)/t23-,24+/m0/s1. The van der Waals surface area contributed by atoms with Crippen molar-refractivity contribution in [3.63, 3.8) is 0 Å². The van der Waals surface area contributed by atoms with E-state index >= 15 is 0 Å². The lowest BCUT2D eigenvalue weighted by atomic mass is 9.87. The summed E-state index contributed by atoms with van der Waals surface area (Å²) < 4.78 is 11.0. The summed E-state index contributed by atoms with van der Waals surface area (Å²) in [5.74, 6) is 0.448. The second kappa shape index (κ2) is 10.4. The van der Waals surface area contributed by atoms with Crippen LogP contribution in [-0.2, 0) is 11.3 Å². The number of hydrogen-bond acceptors (Lipinski definition) is 5. The Hall–Kier alpha value is -3.87. The van der Waals surface area contributed by atoms with Gasteiger partial charge in [-0.3, -0.25) is 14.6 Å². The minimum Gasteiger partial charge on any atom is -0.497 e. The molecule has 0 bridgehead atoms. The van der Waals surface area contributed by atoms with Crippen LogP contribution in [0.4, 0.5) is 0 Å². The molecule has 2 amide bonds. The number of amides is 2. The molecule has 0 radical (unpaired) electrons. The lowest BCUT2D eigenvalue weighted by Gasteiger charge is -2.21. The molecule has 1 saturated heterocycles. The van der Waals surface area contributed by atoms with Crippen LogP contribution in [0.2, 0.25) is 0 Å². The lowest BCUT2D eigenvalue weighted by Crippen LogP contribution is -2.35. The largest absolute Gasteiger partial charge is 0.497 e. The predicted molar refractivity (Wildman–Crippen MR) is 129 cm³/mol. The third-order valence-corrected chi connectivity index (χ3v) is 6.25. The Kier molecular flexibility index (Phi) is 7.11. The Morgan fingerprint density at radius 3 is 2.50 bits per heavy atom. The molecule has 0 spiro atoms. The molecule has 1 aromatic heterocycles. The number of benzene rings is 2. The fourth-order valence-electron chi connectivity index (χ4n) is 4.37. The number of pyridine rings is 1. The fourth-order valence-corrected chi connectivity index (χ4v) is 4.37. The quantitative estimate of drug-likeness (QED) is 0.584. The number of aryl methyl sites for hydroxylation is 1. The van der Waals surface area contributed by atoms with Crippen molar-refractivity contribution in [1.82, 2.24) is 15.2 Å². The zero-order valence-corrected chi connectivity index (χ0v) is 19.7. The topological polar surface area (TPSA) is 80.8 Å². The molecule has 2 aromatic carbocycles. The Labute approximate surface area is 199 Å². The van der Waals surface area contributed by atoms with E-state index in [1.807, 2.05) is 67.6 Å². The van der Waals surface area contributed by atoms with Gasteiger partial charge in [0.25, 0.3) is 5.91 Å². The highest BCUT2D eigenvalue weighted by Crippen LogP contribution is 2.39. The van der Waals surface area contributed by atoms with E-state index in [-0.39, 0.29) is 17.7 Å². The van der Waals surface area contributed by atoms with Crippen LogP contribution < -0.4 is 14.8 Å². The van der Waals surface area contributed by atoms with Crippen molar-refractivity contribution in [2.75, 3.05) is 27.3 Å². The molecule has 0 unspecified atom stereocenters. The van der Waals surface area contributed by atoms with Gasteiger partial charge in [0.05, 0.1) is 32.4 Å². The van der Waals surface area contributed by atoms with Crippen LogP contribution in [0.25, 0.3) is 0 Å². The first-order valence-corrected chi connectivity index (χ1v) is 11.3. The van der Waals surface area contributed by atoms with Crippen molar-refractivity contribution >= 4 is 11.8 Å². The van der Waals surface area contributed by atoms with Gasteiger partial charge in [0.1, 0.15) is 11.5 Å². The monoisotopic (exact) mass is 459 g/mol. The molecule has 34 heavy (non-hydrogen) atoms. The summed E-state index contributed by atoms with van der Waals surface area (Å²) in [7, 11) is 3.19. The summed E-state index contributed by atoms with van der Waals surface area (Å²) in [6.07, 6.45) is 1.70. The fraction of sp³-hybridized carbons (Fsp3) is 0.296. The van der Waals surface area contributed by atoms with Gasteiger partial charge in [-0.25, -0.2) is 0 Å². The molecule has 1 aliphatic rings. The van der Waals surface area contributed by atoms with Crippen molar-refractivity contribution in [2.45, 2.75) is 19.4 Å². The first-order chi connectivity index (χ1) is 16.5. The normalized spacial score (nSPS) is 17.3. The van der Waals surface area contributed by atoms with E-state index in [4.69, 9.17) is 9.47 Å². The highest BCUT2D eigenvalue weighted by atomic mass is 16.5. The number of hydrogen-bond donors (Lipinski definition) is 1. The molecule has 4 rings (SSSR count). The highest BCUT2D eigenvalue weighted by molar-refractivity contribution is 5.95. The molecule has 7 heteroatoms. The van der Waals surface area contributed by atoms with Crippen LogP contribution in [0.3, 0.4) is 0 Å². The maximum absolute atomic E-state index is 13.3. The first kappa shape index (κ1) is 23.3. The Bertz CT molecular complexity index is 1150. The van der Waals surface area contributed by atoms with Crippen molar-refractivity contribution in [3.8, 4) is 11.5 Å². The van der Waals surface area contributed by atoms with Crippen molar-refractivity contribution in [1.29, 1.82) is 0 Å². The third-order valence-electron chi connectivity index (χ3n) is 6.25. The zero-order chi connectivity index (χ0) is 24.1. The van der Waals surface area contributed by atoms with Gasteiger partial charge in [-0.2, -0.15) is 0 Å². The lowest BCUT2D eigenvalue weighted by molar-refractivity contribution is -0.125. The summed E-state index contributed by atoms with van der Waals surface area (Å²) in [5, 5.41) is 3.00. The molecule has 0 aliphatic carbocycles. The van der Waals surface area contributed by atoms with E-state index in [9.17, 15) is 9.59 Å². The maximum atomic E-state index is 13.3. The van der Waals surface area contributed by atoms with Crippen LogP contribution >= 0.6 is 0 Å². The number of ether oxygens (including phenoxy) is 2. The van der Waals surface area contributed by atoms with Crippen molar-refractivity contribution in [2.24, 2.45) is 5.92 Å². The number of likely N-dealkylation sites (tertiary alicyclic amines) is 1. The van der Waals surface area contributed by atoms with Crippen LogP contribution in [-0.4, -0.2) is 49.0 Å². The molecule has 1 aliphatic heterocycles. The van der Waals surface area contributed by atoms with Crippen molar-refractivity contribution < 1.29 is 19.1 Å². The second-order valence-corrected chi connectivity index (χ2v) is 8.44. The highest BCUT2D eigenvalue weighted by Gasteiger charge is 2.41. The first-order valence-electron chi connectivity index (χ1n) is 11.3. The third kappa shape index (κ3) is 5.03. The van der Waals surface area contributed by atoms with Crippen LogP contribution in [0.15, 0.2) is 66.9 Å². The Balaban J connectivity index is 1.61. The van der Waals surface area contributed by atoms with Crippen LogP contribution in [0.1, 0.15) is 33.1 Å². The molecule has 2 heterocycles. The van der Waals surface area contributed by atoms with Crippen LogP contribution in [0, 0.1) is 12.8 Å². The number of rotatable bonds is 7. The van der Waals surface area contributed by atoms with E-state index in [0.717, 1.165) is 16.8 Å². The average Bonchev–Trinajstić information content (AvgIpc) is 3.33. The van der Waals surface area contributed by atoms with Gasteiger partial charge in [0.2, 0.25) is 5.91 Å². The summed E-state index contributed by atoms with van der Waals surface area (Å²) in [6.45, 7) is 3.05. The second-order valence-electron chi connectivity index (χ2n) is 8.44. The molecule has 3 aromatic rings. The number of methoxy groups -OCH3 is 2.